The van der Waals surface area contributed by atoms with Crippen molar-refractivity contribution < 1.29 is 18.3 Å². The van der Waals surface area contributed by atoms with E-state index in [9.17, 15) is 13.6 Å². The summed E-state index contributed by atoms with van der Waals surface area (Å²) in [5.41, 5.74) is 1.62. The Morgan fingerprint density at radius 1 is 1.23 bits per heavy atom. The molecule has 0 radical (unpaired) electrons. The number of halogens is 2. The molecule has 30 heavy (non-hydrogen) atoms. The number of rotatable bonds is 6. The monoisotopic (exact) mass is 431 g/mol. The van der Waals surface area contributed by atoms with Crippen LogP contribution in [0.25, 0.3) is 10.2 Å². The molecule has 8 heteroatoms. The van der Waals surface area contributed by atoms with Crippen molar-refractivity contribution in [1.29, 1.82) is 0 Å². The number of amides is 1. The third-order valence-electron chi connectivity index (χ3n) is 5.10. The van der Waals surface area contributed by atoms with Crippen molar-refractivity contribution in [1.82, 2.24) is 9.88 Å². The molecule has 1 aromatic heterocycles. The molecule has 158 valence electrons. The predicted octanol–water partition coefficient (Wildman–Crippen LogP) is 4.25. The fourth-order valence-corrected chi connectivity index (χ4v) is 4.59. The van der Waals surface area contributed by atoms with Gasteiger partial charge >= 0.3 is 0 Å². The van der Waals surface area contributed by atoms with Crippen molar-refractivity contribution >= 4 is 32.6 Å². The maximum absolute atomic E-state index is 14.2. The molecule has 1 amide bonds. The summed E-state index contributed by atoms with van der Waals surface area (Å²) in [5, 5.41) is 0.378. The molecule has 2 heterocycles. The Morgan fingerprint density at radius 2 is 2.03 bits per heavy atom. The maximum Gasteiger partial charge on any atom is 0.260 e. The summed E-state index contributed by atoms with van der Waals surface area (Å²) >= 11 is 1.13. The Bertz CT molecular complexity index is 1050. The number of thiazole rings is 1. The molecule has 0 N–H and O–H groups in total. The van der Waals surface area contributed by atoms with E-state index in [1.807, 2.05) is 25.1 Å². The second kappa shape index (κ2) is 9.16. The van der Waals surface area contributed by atoms with Gasteiger partial charge in [-0.1, -0.05) is 29.0 Å². The van der Waals surface area contributed by atoms with E-state index in [1.54, 1.807) is 11.0 Å². The summed E-state index contributed by atoms with van der Waals surface area (Å²) < 4.78 is 33.6. The number of ether oxygens (including phenoxy) is 1. The highest BCUT2D eigenvalue weighted by Crippen LogP contribution is 2.32. The highest BCUT2D eigenvalue weighted by atomic mass is 32.1. The Morgan fingerprint density at radius 3 is 2.80 bits per heavy atom. The number of anilines is 1. The van der Waals surface area contributed by atoms with E-state index in [-0.39, 0.29) is 11.4 Å². The van der Waals surface area contributed by atoms with E-state index < -0.39 is 11.6 Å². The smallest absolute Gasteiger partial charge is 0.260 e. The number of hydrogen-bond donors (Lipinski definition) is 0. The molecule has 0 aliphatic carbocycles. The van der Waals surface area contributed by atoms with Gasteiger partial charge in [-0.3, -0.25) is 14.6 Å². The number of morpholine rings is 1. The van der Waals surface area contributed by atoms with Crippen molar-refractivity contribution in [3.8, 4) is 0 Å². The molecule has 1 aliphatic heterocycles. The van der Waals surface area contributed by atoms with Crippen LogP contribution in [0.4, 0.5) is 13.9 Å². The number of benzene rings is 2. The number of carbonyl (C=O) groups excluding carboxylic acids is 1. The highest BCUT2D eigenvalue weighted by Gasteiger charge is 2.23. The summed E-state index contributed by atoms with van der Waals surface area (Å²) in [4.78, 5) is 21.5. The van der Waals surface area contributed by atoms with Gasteiger partial charge in [-0.2, -0.15) is 0 Å². The van der Waals surface area contributed by atoms with Crippen LogP contribution in [0.1, 0.15) is 22.3 Å². The molecule has 1 saturated heterocycles. The Balaban J connectivity index is 1.60. The van der Waals surface area contributed by atoms with E-state index in [2.05, 4.69) is 9.88 Å². The quantitative estimate of drug-likeness (QED) is 0.585. The van der Waals surface area contributed by atoms with Crippen LogP contribution in [0, 0.1) is 18.6 Å². The lowest BCUT2D eigenvalue weighted by Crippen LogP contribution is -2.39. The number of fused-ring (bicyclic) bond motifs is 1. The Kier molecular flexibility index (Phi) is 6.36. The summed E-state index contributed by atoms with van der Waals surface area (Å²) in [6.07, 6.45) is 0.740. The predicted molar refractivity (Wildman–Crippen MR) is 114 cm³/mol. The van der Waals surface area contributed by atoms with Crippen LogP contribution in [-0.2, 0) is 4.74 Å². The third-order valence-corrected chi connectivity index (χ3v) is 6.13. The molecule has 3 aromatic rings. The molecule has 4 rings (SSSR count). The number of aromatic nitrogens is 1. The largest absolute Gasteiger partial charge is 0.379 e. The molecular weight excluding hydrogens is 408 g/mol. The lowest BCUT2D eigenvalue weighted by Gasteiger charge is -2.27. The first kappa shape index (κ1) is 20.8. The van der Waals surface area contributed by atoms with Crippen molar-refractivity contribution in [2.75, 3.05) is 44.3 Å². The van der Waals surface area contributed by atoms with Gasteiger partial charge in [-0.05, 0) is 31.5 Å². The average molecular weight is 432 g/mol. The second-order valence-corrected chi connectivity index (χ2v) is 8.37. The van der Waals surface area contributed by atoms with Gasteiger partial charge in [-0.25, -0.2) is 13.8 Å². The van der Waals surface area contributed by atoms with Crippen LogP contribution in [0.15, 0.2) is 36.4 Å². The fourth-order valence-electron chi connectivity index (χ4n) is 3.56. The van der Waals surface area contributed by atoms with Gasteiger partial charge in [0.15, 0.2) is 10.9 Å². The van der Waals surface area contributed by atoms with Gasteiger partial charge in [0.1, 0.15) is 11.3 Å². The minimum atomic E-state index is -0.719. The normalized spacial score (nSPS) is 14.9. The highest BCUT2D eigenvalue weighted by molar-refractivity contribution is 7.22. The maximum atomic E-state index is 14.2. The van der Waals surface area contributed by atoms with Gasteiger partial charge in [-0.15, -0.1) is 0 Å². The van der Waals surface area contributed by atoms with Gasteiger partial charge < -0.3 is 4.74 Å². The van der Waals surface area contributed by atoms with Gasteiger partial charge in [0.25, 0.3) is 5.91 Å². The van der Waals surface area contributed by atoms with E-state index in [4.69, 9.17) is 4.74 Å². The minimum absolute atomic E-state index is 0.0895. The summed E-state index contributed by atoms with van der Waals surface area (Å²) in [6, 6.07) is 9.42. The van der Waals surface area contributed by atoms with Gasteiger partial charge in [0.05, 0.1) is 17.9 Å². The number of hydrogen-bond acceptors (Lipinski definition) is 5. The molecule has 0 unspecified atom stereocenters. The molecule has 0 spiro atoms. The fraction of sp³-hybridized carbons (Fsp3) is 0.364. The van der Waals surface area contributed by atoms with Crippen molar-refractivity contribution in [3.05, 3.63) is 59.2 Å². The first-order valence-electron chi connectivity index (χ1n) is 9.95. The van der Waals surface area contributed by atoms with Crippen LogP contribution < -0.4 is 4.90 Å². The van der Waals surface area contributed by atoms with Gasteiger partial charge in [0.2, 0.25) is 0 Å². The SMILES string of the molecule is Cc1cccc(C(=O)N(CCCN2CCOCC2)c2nc3c(F)cc(F)cc3s2)c1. The van der Waals surface area contributed by atoms with Crippen molar-refractivity contribution in [3.63, 3.8) is 0 Å². The molecule has 0 saturated carbocycles. The first-order valence-corrected chi connectivity index (χ1v) is 10.8. The average Bonchev–Trinajstić information content (AvgIpc) is 3.15. The van der Waals surface area contributed by atoms with Crippen LogP contribution in [0.2, 0.25) is 0 Å². The Hall–Kier alpha value is -2.42. The first-order chi connectivity index (χ1) is 14.5. The lowest BCUT2D eigenvalue weighted by atomic mass is 10.1. The Labute approximate surface area is 177 Å². The number of aryl methyl sites for hydroxylation is 1. The van der Waals surface area contributed by atoms with E-state index >= 15 is 0 Å². The number of carbonyl (C=O) groups is 1. The van der Waals surface area contributed by atoms with E-state index in [0.29, 0.717) is 35.2 Å². The van der Waals surface area contributed by atoms with Gasteiger partial charge in [0, 0.05) is 37.8 Å². The molecule has 0 atom stereocenters. The summed E-state index contributed by atoms with van der Waals surface area (Å²) in [6.45, 7) is 6.37. The van der Waals surface area contributed by atoms with E-state index in [0.717, 1.165) is 49.0 Å². The standard InChI is InChI=1S/C22H23F2N3O2S/c1-15-4-2-5-16(12-15)21(28)27(7-3-6-26-8-10-29-11-9-26)22-25-20-18(24)13-17(23)14-19(20)30-22/h2,4-5,12-14H,3,6-11H2,1H3. The van der Waals surface area contributed by atoms with Crippen molar-refractivity contribution in [2.24, 2.45) is 0 Å². The molecule has 1 aliphatic rings. The summed E-state index contributed by atoms with van der Waals surface area (Å²) in [7, 11) is 0. The molecular formula is C22H23F2N3O2S. The van der Waals surface area contributed by atoms with Crippen LogP contribution >= 0.6 is 11.3 Å². The number of nitrogens with zero attached hydrogens (tertiary/aromatic N) is 3. The van der Waals surface area contributed by atoms with Crippen LogP contribution in [-0.4, -0.2) is 55.2 Å². The topological polar surface area (TPSA) is 45.7 Å². The van der Waals surface area contributed by atoms with Crippen LogP contribution in [0.5, 0.6) is 0 Å². The van der Waals surface area contributed by atoms with Crippen molar-refractivity contribution in [2.45, 2.75) is 13.3 Å². The second-order valence-electron chi connectivity index (χ2n) is 7.36. The van der Waals surface area contributed by atoms with Crippen LogP contribution in [0.3, 0.4) is 0 Å². The van der Waals surface area contributed by atoms with E-state index in [1.165, 1.54) is 6.07 Å². The lowest BCUT2D eigenvalue weighted by molar-refractivity contribution is 0.0376. The molecule has 2 aromatic carbocycles. The zero-order chi connectivity index (χ0) is 21.1. The molecule has 0 bridgehead atoms. The molecule has 5 nitrogen and oxygen atoms in total. The minimum Gasteiger partial charge on any atom is -0.379 e. The third kappa shape index (κ3) is 4.66. The summed E-state index contributed by atoms with van der Waals surface area (Å²) in [5.74, 6) is -1.57. The zero-order valence-corrected chi connectivity index (χ0v) is 17.6. The zero-order valence-electron chi connectivity index (χ0n) is 16.7. The molecule has 1 fully saturated rings.